The molecule has 0 saturated carbocycles. The van der Waals surface area contributed by atoms with E-state index in [-0.39, 0.29) is 11.6 Å². The molecule has 1 aromatic rings. The summed E-state index contributed by atoms with van der Waals surface area (Å²) in [5, 5.41) is 11.6. The zero-order valence-corrected chi connectivity index (χ0v) is 13.4. The Morgan fingerprint density at radius 1 is 1.40 bits per heavy atom. The molecule has 0 saturated heterocycles. The Labute approximate surface area is 127 Å². The molecule has 6 heteroatoms. The number of nitro groups is 1. The van der Waals surface area contributed by atoms with Gasteiger partial charge in [-0.1, -0.05) is 35.3 Å². The third kappa shape index (κ3) is 4.30. The summed E-state index contributed by atoms with van der Waals surface area (Å²) in [5.41, 5.74) is 0.927. The normalized spacial score (nSPS) is 10.3. The van der Waals surface area contributed by atoms with Crippen LogP contribution in [-0.4, -0.2) is 34.2 Å². The van der Waals surface area contributed by atoms with Crippen LogP contribution in [-0.2, 0) is 0 Å². The van der Waals surface area contributed by atoms with E-state index in [4.69, 9.17) is 0 Å². The number of nitrogens with zero attached hydrogens (tertiary/aromatic N) is 2. The molecule has 0 unspecified atom stereocenters. The van der Waals surface area contributed by atoms with Gasteiger partial charge in [-0.15, -0.1) is 0 Å². The Hall–Kier alpha value is -1.43. The molecule has 0 aromatic heterocycles. The van der Waals surface area contributed by atoms with Gasteiger partial charge in [0.05, 0.1) is 4.92 Å². The minimum atomic E-state index is -0.451. The first kappa shape index (κ1) is 16.6. The zero-order chi connectivity index (χ0) is 15.1. The maximum absolute atomic E-state index is 12.4. The topological polar surface area (TPSA) is 63.5 Å². The molecule has 5 nitrogen and oxygen atoms in total. The number of nitro benzene ring substituents is 1. The summed E-state index contributed by atoms with van der Waals surface area (Å²) in [6.07, 6.45) is 1.92. The Morgan fingerprint density at radius 2 is 2.10 bits per heavy atom. The summed E-state index contributed by atoms with van der Waals surface area (Å²) in [7, 11) is 0. The first-order chi connectivity index (χ1) is 9.51. The van der Waals surface area contributed by atoms with Crippen LogP contribution in [0.3, 0.4) is 0 Å². The van der Waals surface area contributed by atoms with E-state index in [0.717, 1.165) is 12.8 Å². The minimum absolute atomic E-state index is 0.00914. The summed E-state index contributed by atoms with van der Waals surface area (Å²) < 4.78 is 0. The van der Waals surface area contributed by atoms with Crippen molar-refractivity contribution in [1.82, 2.24) is 4.90 Å². The summed E-state index contributed by atoms with van der Waals surface area (Å²) in [5.74, 6) is -0.152. The molecule has 0 aliphatic carbocycles. The van der Waals surface area contributed by atoms with Crippen LogP contribution in [0.5, 0.6) is 0 Å². The van der Waals surface area contributed by atoms with Crippen LogP contribution < -0.4 is 0 Å². The first-order valence-corrected chi connectivity index (χ1v) is 7.73. The highest BCUT2D eigenvalue weighted by Gasteiger charge is 2.19. The van der Waals surface area contributed by atoms with Crippen LogP contribution in [0.25, 0.3) is 0 Å². The summed E-state index contributed by atoms with van der Waals surface area (Å²) >= 11 is 3.33. The number of unbranched alkanes of at least 4 members (excludes halogenated alkanes) is 1. The lowest BCUT2D eigenvalue weighted by Gasteiger charge is -2.21. The predicted octanol–water partition coefficient (Wildman–Crippen LogP) is 3.54. The van der Waals surface area contributed by atoms with Gasteiger partial charge in [-0.25, -0.2) is 0 Å². The smallest absolute Gasteiger partial charge is 0.273 e. The molecule has 0 heterocycles. The van der Waals surface area contributed by atoms with Crippen molar-refractivity contribution in [3.8, 4) is 0 Å². The maximum atomic E-state index is 12.4. The highest BCUT2D eigenvalue weighted by Crippen LogP contribution is 2.20. The Morgan fingerprint density at radius 3 is 2.65 bits per heavy atom. The van der Waals surface area contributed by atoms with Crippen molar-refractivity contribution in [1.29, 1.82) is 0 Å². The number of carbonyl (C=O) groups excluding carboxylic acids is 1. The van der Waals surface area contributed by atoms with E-state index in [1.54, 1.807) is 24.0 Å². The van der Waals surface area contributed by atoms with E-state index in [9.17, 15) is 14.9 Å². The molecule has 0 radical (unpaired) electrons. The number of aryl methyl sites for hydroxylation is 1. The average Bonchev–Trinajstić information content (AvgIpc) is 2.43. The van der Waals surface area contributed by atoms with Crippen LogP contribution in [0.1, 0.15) is 35.7 Å². The SMILES string of the molecule is CCCCN(CCBr)C(=O)c1ccc(C)c([N+](=O)[O-])c1. The molecule has 0 spiro atoms. The van der Waals surface area contributed by atoms with Gasteiger partial charge in [0.1, 0.15) is 0 Å². The molecule has 0 bridgehead atoms. The lowest BCUT2D eigenvalue weighted by Crippen LogP contribution is -2.33. The van der Waals surface area contributed by atoms with Crippen molar-refractivity contribution in [2.75, 3.05) is 18.4 Å². The molecule has 110 valence electrons. The maximum Gasteiger partial charge on any atom is 0.273 e. The molecular weight excluding hydrogens is 324 g/mol. The first-order valence-electron chi connectivity index (χ1n) is 6.61. The lowest BCUT2D eigenvalue weighted by molar-refractivity contribution is -0.385. The van der Waals surface area contributed by atoms with E-state index in [0.29, 0.717) is 29.5 Å². The molecule has 0 fully saturated rings. The summed E-state index contributed by atoms with van der Waals surface area (Å²) in [6.45, 7) is 5.00. The summed E-state index contributed by atoms with van der Waals surface area (Å²) in [6, 6.07) is 4.64. The molecule has 1 amide bonds. The van der Waals surface area contributed by atoms with E-state index < -0.39 is 4.92 Å². The van der Waals surface area contributed by atoms with Gasteiger partial charge in [-0.3, -0.25) is 14.9 Å². The second-order valence-corrected chi connectivity index (χ2v) is 5.39. The third-order valence-electron chi connectivity index (χ3n) is 3.08. The lowest BCUT2D eigenvalue weighted by atomic mass is 10.1. The molecule has 1 rings (SSSR count). The largest absolute Gasteiger partial charge is 0.338 e. The number of rotatable bonds is 7. The highest BCUT2D eigenvalue weighted by atomic mass is 79.9. The van der Waals surface area contributed by atoms with Gasteiger partial charge in [0, 0.05) is 35.6 Å². The van der Waals surface area contributed by atoms with Gasteiger partial charge < -0.3 is 4.90 Å². The Kier molecular flexibility index (Phi) is 6.64. The van der Waals surface area contributed by atoms with Crippen molar-refractivity contribution in [3.63, 3.8) is 0 Å². The molecular formula is C14H19BrN2O3. The van der Waals surface area contributed by atoms with Crippen LogP contribution in [0.15, 0.2) is 18.2 Å². The van der Waals surface area contributed by atoms with Gasteiger partial charge >= 0.3 is 0 Å². The van der Waals surface area contributed by atoms with Gasteiger partial charge in [0.2, 0.25) is 0 Å². The Balaban J connectivity index is 2.99. The molecule has 0 atom stereocenters. The fourth-order valence-corrected chi connectivity index (χ4v) is 2.32. The fraction of sp³-hybridized carbons (Fsp3) is 0.500. The molecule has 0 aliphatic heterocycles. The minimum Gasteiger partial charge on any atom is -0.338 e. The fourth-order valence-electron chi connectivity index (χ4n) is 1.89. The predicted molar refractivity (Wildman–Crippen MR) is 82.4 cm³/mol. The third-order valence-corrected chi connectivity index (χ3v) is 3.43. The number of halogens is 1. The van der Waals surface area contributed by atoms with E-state index >= 15 is 0 Å². The molecule has 0 aliphatic rings. The second kappa shape index (κ2) is 7.99. The zero-order valence-electron chi connectivity index (χ0n) is 11.8. The van der Waals surface area contributed by atoms with E-state index in [2.05, 4.69) is 22.9 Å². The average molecular weight is 343 g/mol. The van der Waals surface area contributed by atoms with E-state index in [1.807, 2.05) is 0 Å². The van der Waals surface area contributed by atoms with Crippen LogP contribution in [0.4, 0.5) is 5.69 Å². The van der Waals surface area contributed by atoms with Crippen LogP contribution in [0.2, 0.25) is 0 Å². The molecule has 0 N–H and O–H groups in total. The second-order valence-electron chi connectivity index (χ2n) is 4.59. The standard InChI is InChI=1S/C14H19BrN2O3/c1-3-4-8-16(9-7-15)14(18)12-6-5-11(2)13(10-12)17(19)20/h5-6,10H,3-4,7-9H2,1-2H3. The van der Waals surface area contributed by atoms with Crippen LogP contribution >= 0.6 is 15.9 Å². The van der Waals surface area contributed by atoms with E-state index in [1.165, 1.54) is 6.07 Å². The number of amides is 1. The van der Waals surface area contributed by atoms with Crippen LogP contribution in [0, 0.1) is 17.0 Å². The van der Waals surface area contributed by atoms with Gasteiger partial charge in [0.15, 0.2) is 0 Å². The molecule has 1 aromatic carbocycles. The van der Waals surface area contributed by atoms with Crippen molar-refractivity contribution in [2.45, 2.75) is 26.7 Å². The number of hydrogen-bond donors (Lipinski definition) is 0. The summed E-state index contributed by atoms with van der Waals surface area (Å²) in [4.78, 5) is 24.6. The van der Waals surface area contributed by atoms with Crippen molar-refractivity contribution in [2.24, 2.45) is 0 Å². The van der Waals surface area contributed by atoms with Crippen molar-refractivity contribution >= 4 is 27.5 Å². The van der Waals surface area contributed by atoms with Crippen molar-refractivity contribution in [3.05, 3.63) is 39.4 Å². The number of carbonyl (C=O) groups is 1. The van der Waals surface area contributed by atoms with Gasteiger partial charge in [-0.2, -0.15) is 0 Å². The highest BCUT2D eigenvalue weighted by molar-refractivity contribution is 9.09. The van der Waals surface area contributed by atoms with Gasteiger partial charge in [-0.05, 0) is 19.4 Å². The monoisotopic (exact) mass is 342 g/mol. The van der Waals surface area contributed by atoms with Gasteiger partial charge in [0.25, 0.3) is 11.6 Å². The molecule has 20 heavy (non-hydrogen) atoms. The number of alkyl halides is 1. The number of benzene rings is 1. The van der Waals surface area contributed by atoms with Crippen molar-refractivity contribution < 1.29 is 9.72 Å². The number of hydrogen-bond acceptors (Lipinski definition) is 3. The quantitative estimate of drug-likeness (QED) is 0.432. The Bertz CT molecular complexity index is 491.